The summed E-state index contributed by atoms with van der Waals surface area (Å²) in [6.07, 6.45) is 0. The van der Waals surface area contributed by atoms with Gasteiger partial charge in [-0.15, -0.1) is 11.8 Å². The molecular weight excluding hydrogens is 290 g/mol. The van der Waals surface area contributed by atoms with Crippen molar-refractivity contribution in [3.63, 3.8) is 0 Å². The molecule has 0 saturated carbocycles. The maximum absolute atomic E-state index is 12.1. The van der Waals surface area contributed by atoms with E-state index < -0.39 is 0 Å². The summed E-state index contributed by atoms with van der Waals surface area (Å²) < 4.78 is 0. The van der Waals surface area contributed by atoms with E-state index in [1.165, 1.54) is 0 Å². The molecule has 1 aliphatic heterocycles. The molecule has 0 aliphatic carbocycles. The molecule has 2 aromatic carbocycles. The molecule has 3 rings (SSSR count). The van der Waals surface area contributed by atoms with Gasteiger partial charge in [-0.25, -0.2) is 0 Å². The number of hydrogen-bond donors (Lipinski definition) is 0. The molecule has 0 aromatic heterocycles. The Bertz CT molecular complexity index is 617. The lowest BCUT2D eigenvalue weighted by Gasteiger charge is -2.24. The summed E-state index contributed by atoms with van der Waals surface area (Å²) in [5.41, 5.74) is 2.24. The predicted molar refractivity (Wildman–Crippen MR) is 83.6 cm³/mol. The largest absolute Gasteiger partial charge is 0.322 e. The fourth-order valence-electron chi connectivity index (χ4n) is 2.34. The van der Waals surface area contributed by atoms with Crippen LogP contribution < -0.4 is 0 Å². The first kappa shape index (κ1) is 13.5. The first-order valence-electron chi connectivity index (χ1n) is 6.44. The number of halogens is 1. The zero-order chi connectivity index (χ0) is 13.9. The highest BCUT2D eigenvalue weighted by atomic mass is 35.5. The number of carbonyl (C=O) groups excluding carboxylic acids is 1. The minimum atomic E-state index is 0.0569. The zero-order valence-electron chi connectivity index (χ0n) is 10.8. The molecule has 1 fully saturated rings. The lowest BCUT2D eigenvalue weighted by molar-refractivity contribution is -0.128. The van der Waals surface area contributed by atoms with E-state index in [0.29, 0.717) is 17.3 Å². The fourth-order valence-corrected chi connectivity index (χ4v) is 3.72. The van der Waals surface area contributed by atoms with E-state index in [9.17, 15) is 4.79 Å². The summed E-state index contributed by atoms with van der Waals surface area (Å²) in [5, 5.41) is 0.767. The predicted octanol–water partition coefficient (Wildman–Crippen LogP) is 4.11. The van der Waals surface area contributed by atoms with Gasteiger partial charge in [-0.3, -0.25) is 4.79 Å². The van der Waals surface area contributed by atoms with E-state index >= 15 is 0 Å². The van der Waals surface area contributed by atoms with Gasteiger partial charge in [-0.1, -0.05) is 54.1 Å². The second kappa shape index (κ2) is 5.90. The zero-order valence-corrected chi connectivity index (χ0v) is 12.4. The first-order chi connectivity index (χ1) is 9.74. The molecular formula is C16H14ClNOS. The Morgan fingerprint density at radius 2 is 1.95 bits per heavy atom. The summed E-state index contributed by atoms with van der Waals surface area (Å²) in [5.74, 6) is 0.716. The SMILES string of the molecule is O=C1CSC(c2cccc(Cl)c2)N1Cc1ccccc1. The van der Waals surface area contributed by atoms with Crippen LogP contribution in [0, 0.1) is 0 Å². The molecule has 2 aromatic rings. The van der Waals surface area contributed by atoms with E-state index in [1.807, 2.05) is 59.5 Å². The van der Waals surface area contributed by atoms with Crippen molar-refractivity contribution in [3.05, 3.63) is 70.7 Å². The lowest BCUT2D eigenvalue weighted by atomic mass is 10.1. The summed E-state index contributed by atoms with van der Waals surface area (Å²) in [7, 11) is 0. The highest BCUT2D eigenvalue weighted by molar-refractivity contribution is 8.00. The van der Waals surface area contributed by atoms with Gasteiger partial charge in [-0.2, -0.15) is 0 Å². The van der Waals surface area contributed by atoms with Gasteiger partial charge in [0, 0.05) is 11.6 Å². The van der Waals surface area contributed by atoms with Crippen LogP contribution in [0.4, 0.5) is 0 Å². The van der Waals surface area contributed by atoms with Crippen molar-refractivity contribution in [3.8, 4) is 0 Å². The average Bonchev–Trinajstić information content (AvgIpc) is 2.82. The topological polar surface area (TPSA) is 20.3 Å². The maximum atomic E-state index is 12.1. The second-order valence-corrected chi connectivity index (χ2v) is 6.23. The maximum Gasteiger partial charge on any atom is 0.234 e. The Kier molecular flexibility index (Phi) is 3.99. The van der Waals surface area contributed by atoms with Gasteiger partial charge in [0.2, 0.25) is 5.91 Å². The smallest absolute Gasteiger partial charge is 0.234 e. The van der Waals surface area contributed by atoms with E-state index in [4.69, 9.17) is 11.6 Å². The summed E-state index contributed by atoms with van der Waals surface area (Å²) in [4.78, 5) is 14.0. The third kappa shape index (κ3) is 2.84. The summed E-state index contributed by atoms with van der Waals surface area (Å²) >= 11 is 7.71. The van der Waals surface area contributed by atoms with Crippen molar-refractivity contribution in [1.29, 1.82) is 0 Å². The van der Waals surface area contributed by atoms with Crippen molar-refractivity contribution < 1.29 is 4.79 Å². The molecule has 20 heavy (non-hydrogen) atoms. The van der Waals surface area contributed by atoms with Crippen LogP contribution in [0.3, 0.4) is 0 Å². The van der Waals surface area contributed by atoms with E-state index in [1.54, 1.807) is 11.8 Å². The minimum absolute atomic E-state index is 0.0569. The Labute approximate surface area is 127 Å². The molecule has 0 N–H and O–H groups in total. The molecule has 1 atom stereocenters. The van der Waals surface area contributed by atoms with Gasteiger partial charge in [0.05, 0.1) is 5.75 Å². The van der Waals surface area contributed by atoms with Crippen molar-refractivity contribution in [2.45, 2.75) is 11.9 Å². The van der Waals surface area contributed by atoms with Crippen LogP contribution in [0.1, 0.15) is 16.5 Å². The van der Waals surface area contributed by atoms with Gasteiger partial charge in [-0.05, 0) is 23.3 Å². The summed E-state index contributed by atoms with van der Waals surface area (Å²) in [6, 6.07) is 17.8. The molecule has 1 unspecified atom stereocenters. The molecule has 0 spiro atoms. The van der Waals surface area contributed by atoms with Crippen molar-refractivity contribution in [2.75, 3.05) is 5.75 Å². The number of benzene rings is 2. The normalized spacial score (nSPS) is 18.6. The molecule has 1 amide bonds. The molecule has 1 aliphatic rings. The quantitative estimate of drug-likeness (QED) is 0.850. The van der Waals surface area contributed by atoms with Gasteiger partial charge < -0.3 is 4.90 Å². The van der Waals surface area contributed by atoms with Crippen LogP contribution >= 0.6 is 23.4 Å². The molecule has 0 bridgehead atoms. The van der Waals surface area contributed by atoms with E-state index in [2.05, 4.69) is 0 Å². The first-order valence-corrected chi connectivity index (χ1v) is 7.87. The third-order valence-corrected chi connectivity index (χ3v) is 4.79. The molecule has 1 heterocycles. The number of hydrogen-bond acceptors (Lipinski definition) is 2. The molecule has 0 radical (unpaired) electrons. The molecule has 102 valence electrons. The highest BCUT2D eigenvalue weighted by Crippen LogP contribution is 2.40. The lowest BCUT2D eigenvalue weighted by Crippen LogP contribution is -2.27. The second-order valence-electron chi connectivity index (χ2n) is 4.73. The molecule has 1 saturated heterocycles. The monoisotopic (exact) mass is 303 g/mol. The van der Waals surface area contributed by atoms with Gasteiger partial charge in [0.15, 0.2) is 0 Å². The molecule has 2 nitrogen and oxygen atoms in total. The minimum Gasteiger partial charge on any atom is -0.322 e. The van der Waals surface area contributed by atoms with Crippen LogP contribution in [0.25, 0.3) is 0 Å². The fraction of sp³-hybridized carbons (Fsp3) is 0.188. The number of carbonyl (C=O) groups is 1. The Morgan fingerprint density at radius 3 is 2.70 bits per heavy atom. The van der Waals surface area contributed by atoms with Crippen molar-refractivity contribution in [2.24, 2.45) is 0 Å². The van der Waals surface area contributed by atoms with Crippen LogP contribution in [0.5, 0.6) is 0 Å². The van der Waals surface area contributed by atoms with Gasteiger partial charge >= 0.3 is 0 Å². The highest BCUT2D eigenvalue weighted by Gasteiger charge is 2.32. The number of rotatable bonds is 3. The standard InChI is InChI=1S/C16H14ClNOS/c17-14-8-4-7-13(9-14)16-18(15(19)11-20-16)10-12-5-2-1-3-6-12/h1-9,16H,10-11H2. The number of amides is 1. The number of thioether (sulfide) groups is 1. The number of nitrogens with zero attached hydrogens (tertiary/aromatic N) is 1. The Balaban J connectivity index is 1.85. The molecule has 4 heteroatoms. The van der Waals surface area contributed by atoms with Gasteiger partial charge in [0.1, 0.15) is 5.37 Å². The average molecular weight is 304 g/mol. The van der Waals surface area contributed by atoms with Gasteiger partial charge in [0.25, 0.3) is 0 Å². The van der Waals surface area contributed by atoms with Crippen LogP contribution in [0.2, 0.25) is 5.02 Å². The van der Waals surface area contributed by atoms with E-state index in [-0.39, 0.29) is 11.3 Å². The Morgan fingerprint density at radius 1 is 1.15 bits per heavy atom. The van der Waals surface area contributed by atoms with Crippen LogP contribution in [-0.4, -0.2) is 16.6 Å². The summed E-state index contributed by atoms with van der Waals surface area (Å²) in [6.45, 7) is 0.643. The van der Waals surface area contributed by atoms with Crippen LogP contribution in [-0.2, 0) is 11.3 Å². The Hall–Kier alpha value is -1.45. The van der Waals surface area contributed by atoms with Crippen molar-refractivity contribution in [1.82, 2.24) is 4.90 Å². The third-order valence-electron chi connectivity index (χ3n) is 3.30. The van der Waals surface area contributed by atoms with Crippen LogP contribution in [0.15, 0.2) is 54.6 Å². The van der Waals surface area contributed by atoms with E-state index in [0.717, 1.165) is 11.1 Å². The van der Waals surface area contributed by atoms with Crippen molar-refractivity contribution >= 4 is 29.3 Å².